The van der Waals surface area contributed by atoms with Crippen LogP contribution in [0.5, 0.6) is 0 Å². The second-order valence-corrected chi connectivity index (χ2v) is 5.92. The lowest BCUT2D eigenvalue weighted by Crippen LogP contribution is -2.29. The highest BCUT2D eigenvalue weighted by Gasteiger charge is 2.16. The average molecular weight is 269 g/mol. The minimum Gasteiger partial charge on any atom is -0.481 e. The molecule has 0 amide bonds. The van der Waals surface area contributed by atoms with E-state index in [2.05, 4.69) is 5.32 Å². The number of carbonyl (C=O) groups is 1. The van der Waals surface area contributed by atoms with E-state index in [9.17, 15) is 9.90 Å². The van der Waals surface area contributed by atoms with Crippen LogP contribution in [0.4, 0.5) is 0 Å². The zero-order chi connectivity index (χ0) is 13.8. The van der Waals surface area contributed by atoms with Crippen LogP contribution < -0.4 is 5.32 Å². The van der Waals surface area contributed by atoms with Crippen molar-refractivity contribution in [2.45, 2.75) is 77.0 Å². The molecule has 19 heavy (non-hydrogen) atoms. The van der Waals surface area contributed by atoms with Gasteiger partial charge in [0.25, 0.3) is 0 Å². The predicted molar refractivity (Wildman–Crippen MR) is 79.4 cm³/mol. The summed E-state index contributed by atoms with van der Waals surface area (Å²) in [7, 11) is 0. The Kier molecular flexibility index (Phi) is 9.78. The normalized spacial score (nSPS) is 25.8. The van der Waals surface area contributed by atoms with Crippen molar-refractivity contribution < 1.29 is 9.90 Å². The smallest absolute Gasteiger partial charge is 0.307 e. The van der Waals surface area contributed by atoms with Crippen LogP contribution in [0, 0.1) is 5.92 Å². The van der Waals surface area contributed by atoms with E-state index in [0.717, 1.165) is 19.4 Å². The molecule has 0 aromatic carbocycles. The van der Waals surface area contributed by atoms with E-state index < -0.39 is 5.97 Å². The number of hydrogen-bond acceptors (Lipinski definition) is 2. The van der Waals surface area contributed by atoms with E-state index in [4.69, 9.17) is 0 Å². The van der Waals surface area contributed by atoms with Crippen molar-refractivity contribution in [1.29, 1.82) is 0 Å². The van der Waals surface area contributed by atoms with Crippen molar-refractivity contribution in [3.63, 3.8) is 0 Å². The Hall–Kier alpha value is -0.570. The summed E-state index contributed by atoms with van der Waals surface area (Å²) in [6.45, 7) is 1.62. The van der Waals surface area contributed by atoms with Crippen molar-refractivity contribution in [2.24, 2.45) is 5.92 Å². The fourth-order valence-electron chi connectivity index (χ4n) is 2.82. The third-order valence-electron chi connectivity index (χ3n) is 4.15. The Balaban J connectivity index is 2.25. The standard InChI is InChI=1S/C16H31NO2/c18-16(19)15-12-10-8-6-4-2-1-3-5-7-9-11-13-17-14-15/h15,17H,1-14H2,(H,18,19). The van der Waals surface area contributed by atoms with Gasteiger partial charge >= 0.3 is 5.97 Å². The lowest BCUT2D eigenvalue weighted by molar-refractivity contribution is -0.141. The van der Waals surface area contributed by atoms with Crippen LogP contribution in [0.1, 0.15) is 77.0 Å². The van der Waals surface area contributed by atoms with Crippen LogP contribution in [0.15, 0.2) is 0 Å². The van der Waals surface area contributed by atoms with Gasteiger partial charge in [-0.15, -0.1) is 0 Å². The average Bonchev–Trinajstić information content (AvgIpc) is 2.38. The summed E-state index contributed by atoms with van der Waals surface area (Å²) < 4.78 is 0. The predicted octanol–water partition coefficient (Wildman–Crippen LogP) is 3.97. The maximum atomic E-state index is 11.2. The molecule has 0 saturated carbocycles. The summed E-state index contributed by atoms with van der Waals surface area (Å²) in [5, 5.41) is 12.5. The molecule has 3 heteroatoms. The van der Waals surface area contributed by atoms with Gasteiger partial charge in [0.1, 0.15) is 0 Å². The van der Waals surface area contributed by atoms with Gasteiger partial charge < -0.3 is 10.4 Å². The van der Waals surface area contributed by atoms with E-state index in [1.54, 1.807) is 0 Å². The maximum absolute atomic E-state index is 11.2. The van der Waals surface area contributed by atoms with Crippen LogP contribution >= 0.6 is 0 Å². The van der Waals surface area contributed by atoms with Crippen molar-refractivity contribution in [3.05, 3.63) is 0 Å². The number of carboxylic acids is 1. The minimum absolute atomic E-state index is 0.187. The number of hydrogen-bond donors (Lipinski definition) is 2. The van der Waals surface area contributed by atoms with Gasteiger partial charge in [-0.1, -0.05) is 64.2 Å². The Labute approximate surface area is 118 Å². The first-order valence-corrected chi connectivity index (χ1v) is 8.24. The molecule has 1 rings (SSSR count). The van der Waals surface area contributed by atoms with Crippen molar-refractivity contribution >= 4 is 5.97 Å². The van der Waals surface area contributed by atoms with Crippen LogP contribution in [0.3, 0.4) is 0 Å². The molecule has 2 N–H and O–H groups in total. The largest absolute Gasteiger partial charge is 0.481 e. The second-order valence-electron chi connectivity index (χ2n) is 5.92. The molecule has 0 aromatic heterocycles. The molecule has 1 fully saturated rings. The van der Waals surface area contributed by atoms with Gasteiger partial charge in [0.2, 0.25) is 0 Å². The van der Waals surface area contributed by atoms with Crippen LogP contribution in [-0.4, -0.2) is 24.2 Å². The van der Waals surface area contributed by atoms with Crippen LogP contribution in [0.25, 0.3) is 0 Å². The molecule has 1 aliphatic heterocycles. The van der Waals surface area contributed by atoms with Gasteiger partial charge in [0.15, 0.2) is 0 Å². The van der Waals surface area contributed by atoms with Gasteiger partial charge in [0, 0.05) is 6.54 Å². The number of carboxylic acid groups (broad SMARTS) is 1. The van der Waals surface area contributed by atoms with Gasteiger partial charge in [0.05, 0.1) is 5.92 Å². The first-order chi connectivity index (χ1) is 9.30. The minimum atomic E-state index is -0.631. The van der Waals surface area contributed by atoms with E-state index in [1.807, 2.05) is 0 Å². The molecule has 0 radical (unpaired) electrons. The number of nitrogens with one attached hydrogen (secondary N) is 1. The monoisotopic (exact) mass is 269 g/mol. The molecular weight excluding hydrogens is 238 g/mol. The van der Waals surface area contributed by atoms with E-state index in [1.165, 1.54) is 64.2 Å². The molecule has 112 valence electrons. The Morgan fingerprint density at radius 2 is 1.26 bits per heavy atom. The molecule has 0 bridgehead atoms. The van der Waals surface area contributed by atoms with Crippen LogP contribution in [-0.2, 0) is 4.79 Å². The second kappa shape index (κ2) is 11.3. The summed E-state index contributed by atoms with van der Waals surface area (Å²) in [5.41, 5.74) is 0. The molecule has 1 saturated heterocycles. The SMILES string of the molecule is O=C(O)C1CCCCCCCCCCCCCNC1. The lowest BCUT2D eigenvalue weighted by atomic mass is 9.99. The fraction of sp³-hybridized carbons (Fsp3) is 0.938. The van der Waals surface area contributed by atoms with Crippen molar-refractivity contribution in [3.8, 4) is 0 Å². The van der Waals surface area contributed by atoms with Gasteiger partial charge in [-0.25, -0.2) is 0 Å². The first kappa shape index (κ1) is 16.5. The highest BCUT2D eigenvalue weighted by atomic mass is 16.4. The van der Waals surface area contributed by atoms with E-state index in [0.29, 0.717) is 6.54 Å². The van der Waals surface area contributed by atoms with E-state index in [-0.39, 0.29) is 5.92 Å². The number of rotatable bonds is 1. The fourth-order valence-corrected chi connectivity index (χ4v) is 2.82. The van der Waals surface area contributed by atoms with Crippen LogP contribution in [0.2, 0.25) is 0 Å². The molecule has 0 aliphatic carbocycles. The molecule has 0 spiro atoms. The maximum Gasteiger partial charge on any atom is 0.307 e. The first-order valence-electron chi connectivity index (χ1n) is 8.24. The zero-order valence-corrected chi connectivity index (χ0v) is 12.3. The summed E-state index contributed by atoms with van der Waals surface area (Å²) in [6.07, 6.45) is 15.0. The van der Waals surface area contributed by atoms with Crippen molar-refractivity contribution in [1.82, 2.24) is 5.32 Å². The lowest BCUT2D eigenvalue weighted by Gasteiger charge is -2.13. The third-order valence-corrected chi connectivity index (χ3v) is 4.15. The Morgan fingerprint density at radius 1 is 0.789 bits per heavy atom. The highest BCUT2D eigenvalue weighted by Crippen LogP contribution is 2.15. The summed E-state index contributed by atoms with van der Waals surface area (Å²) in [5.74, 6) is -0.818. The van der Waals surface area contributed by atoms with Gasteiger partial charge in [-0.3, -0.25) is 4.79 Å². The molecule has 1 unspecified atom stereocenters. The summed E-state index contributed by atoms with van der Waals surface area (Å²) in [4.78, 5) is 11.2. The third kappa shape index (κ3) is 9.04. The quantitative estimate of drug-likeness (QED) is 0.757. The van der Waals surface area contributed by atoms with Gasteiger partial charge in [-0.05, 0) is 19.4 Å². The van der Waals surface area contributed by atoms with Gasteiger partial charge in [-0.2, -0.15) is 0 Å². The van der Waals surface area contributed by atoms with Crippen molar-refractivity contribution in [2.75, 3.05) is 13.1 Å². The van der Waals surface area contributed by atoms with E-state index >= 15 is 0 Å². The molecule has 0 aromatic rings. The molecule has 1 aliphatic rings. The molecular formula is C16H31NO2. The molecule has 3 nitrogen and oxygen atoms in total. The molecule has 1 atom stereocenters. The Morgan fingerprint density at radius 3 is 1.79 bits per heavy atom. The highest BCUT2D eigenvalue weighted by molar-refractivity contribution is 5.70. The Bertz CT molecular complexity index is 215. The topological polar surface area (TPSA) is 49.3 Å². The summed E-state index contributed by atoms with van der Waals surface area (Å²) >= 11 is 0. The summed E-state index contributed by atoms with van der Waals surface area (Å²) in [6, 6.07) is 0. The zero-order valence-electron chi connectivity index (χ0n) is 12.3. The molecule has 1 heterocycles. The number of aliphatic carboxylic acids is 1.